The lowest BCUT2D eigenvalue weighted by Gasteiger charge is -2.18. The predicted octanol–water partition coefficient (Wildman–Crippen LogP) is 7.04. The average Bonchev–Trinajstić information content (AvgIpc) is 2.87. The zero-order valence-electron chi connectivity index (χ0n) is 21.0. The van der Waals surface area contributed by atoms with E-state index in [-0.39, 0.29) is 5.56 Å². The van der Waals surface area contributed by atoms with Gasteiger partial charge in [-0.25, -0.2) is 0 Å². The number of benzene rings is 2. The molecule has 0 radical (unpaired) electrons. The van der Waals surface area contributed by atoms with Crippen LogP contribution in [0, 0.1) is 0 Å². The average molecular weight is 466 g/mol. The van der Waals surface area contributed by atoms with Crippen molar-refractivity contribution in [2.45, 2.75) is 71.8 Å². The summed E-state index contributed by atoms with van der Waals surface area (Å²) in [5.41, 5.74) is 1.69. The molecule has 0 fully saturated rings. The Morgan fingerprint density at radius 3 is 2.18 bits per heavy atom. The van der Waals surface area contributed by atoms with Gasteiger partial charge in [0.25, 0.3) is 5.56 Å². The Morgan fingerprint density at radius 1 is 0.735 bits per heavy atom. The predicted molar refractivity (Wildman–Crippen MR) is 139 cm³/mol. The third kappa shape index (κ3) is 7.02. The summed E-state index contributed by atoms with van der Waals surface area (Å²) >= 11 is 0. The molecule has 0 saturated heterocycles. The Kier molecular flexibility index (Phi) is 10.3. The Bertz CT molecular complexity index is 1070. The molecule has 1 aromatic heterocycles. The number of aryl methyl sites for hydroxylation is 1. The zero-order valence-corrected chi connectivity index (χ0v) is 21.0. The highest BCUT2D eigenvalue weighted by atomic mass is 16.5. The standard InChI is InChI=1S/C29H39NO4/c1-4-6-8-9-10-14-20-33-28-27(32-19-7-5-2)25-18-17-24(21-26(25)30(3)29(28)31)34-22-23-15-12-11-13-16-23/h11-13,15-18,21H,4-10,14,19-20,22H2,1-3H3. The molecule has 34 heavy (non-hydrogen) atoms. The van der Waals surface area contributed by atoms with Gasteiger partial charge in [-0.15, -0.1) is 0 Å². The summed E-state index contributed by atoms with van der Waals surface area (Å²) in [4.78, 5) is 13.2. The zero-order chi connectivity index (χ0) is 24.2. The fraction of sp³-hybridized carbons (Fsp3) is 0.483. The lowest BCUT2D eigenvalue weighted by molar-refractivity contribution is 0.258. The van der Waals surface area contributed by atoms with Crippen LogP contribution in [0.5, 0.6) is 17.2 Å². The Balaban J connectivity index is 1.81. The second-order valence-electron chi connectivity index (χ2n) is 8.79. The monoisotopic (exact) mass is 465 g/mol. The van der Waals surface area contributed by atoms with Gasteiger partial charge in [0.05, 0.1) is 18.7 Å². The first kappa shape index (κ1) is 25.7. The summed E-state index contributed by atoms with van der Waals surface area (Å²) in [5.74, 6) is 1.58. The largest absolute Gasteiger partial charge is 0.489 e. The van der Waals surface area contributed by atoms with Gasteiger partial charge in [0.1, 0.15) is 12.4 Å². The number of ether oxygens (including phenoxy) is 3. The molecule has 3 aromatic rings. The van der Waals surface area contributed by atoms with E-state index in [0.29, 0.717) is 37.1 Å². The van der Waals surface area contributed by atoms with Crippen molar-refractivity contribution in [3.8, 4) is 17.2 Å². The summed E-state index contributed by atoms with van der Waals surface area (Å²) in [7, 11) is 1.78. The number of rotatable bonds is 15. The van der Waals surface area contributed by atoms with E-state index in [4.69, 9.17) is 14.2 Å². The number of hydrogen-bond acceptors (Lipinski definition) is 4. The first-order chi connectivity index (χ1) is 16.7. The number of nitrogens with zero attached hydrogens (tertiary/aromatic N) is 1. The molecular weight excluding hydrogens is 426 g/mol. The van der Waals surface area contributed by atoms with Crippen LogP contribution in [0.2, 0.25) is 0 Å². The fourth-order valence-corrected chi connectivity index (χ4v) is 3.94. The van der Waals surface area contributed by atoms with Crippen LogP contribution in [-0.4, -0.2) is 17.8 Å². The maximum atomic E-state index is 13.2. The third-order valence-electron chi connectivity index (χ3n) is 6.02. The molecule has 0 bridgehead atoms. The van der Waals surface area contributed by atoms with E-state index >= 15 is 0 Å². The van der Waals surface area contributed by atoms with Crippen molar-refractivity contribution in [3.05, 3.63) is 64.4 Å². The van der Waals surface area contributed by atoms with Gasteiger partial charge in [0.2, 0.25) is 5.75 Å². The van der Waals surface area contributed by atoms with Crippen LogP contribution in [0.3, 0.4) is 0 Å². The maximum Gasteiger partial charge on any atom is 0.297 e. The molecule has 0 spiro atoms. The molecule has 5 nitrogen and oxygen atoms in total. The maximum absolute atomic E-state index is 13.2. The molecule has 2 aromatic carbocycles. The van der Waals surface area contributed by atoms with E-state index in [1.807, 2.05) is 48.5 Å². The molecule has 0 aliphatic rings. The van der Waals surface area contributed by atoms with Gasteiger partial charge in [0.15, 0.2) is 5.75 Å². The minimum Gasteiger partial charge on any atom is -0.489 e. The van der Waals surface area contributed by atoms with Crippen molar-refractivity contribution >= 4 is 10.9 Å². The number of hydrogen-bond donors (Lipinski definition) is 0. The van der Waals surface area contributed by atoms with E-state index in [9.17, 15) is 4.79 Å². The minimum atomic E-state index is -0.176. The van der Waals surface area contributed by atoms with Crippen LogP contribution in [0.1, 0.15) is 70.8 Å². The van der Waals surface area contributed by atoms with Gasteiger partial charge >= 0.3 is 0 Å². The summed E-state index contributed by atoms with van der Waals surface area (Å²) in [5, 5.41) is 0.864. The van der Waals surface area contributed by atoms with Crippen molar-refractivity contribution in [1.29, 1.82) is 0 Å². The summed E-state index contributed by atoms with van der Waals surface area (Å²) in [6, 6.07) is 15.8. The SMILES string of the molecule is CCCCCCCCOc1c(OCCCC)c2ccc(OCc3ccccc3)cc2n(C)c1=O. The van der Waals surface area contributed by atoms with Gasteiger partial charge in [-0.2, -0.15) is 0 Å². The molecule has 0 N–H and O–H groups in total. The molecule has 1 heterocycles. The highest BCUT2D eigenvalue weighted by molar-refractivity contribution is 5.89. The fourth-order valence-electron chi connectivity index (χ4n) is 3.94. The molecule has 5 heteroatoms. The number of fused-ring (bicyclic) bond motifs is 1. The molecule has 0 saturated carbocycles. The summed E-state index contributed by atoms with van der Waals surface area (Å²) < 4.78 is 19.8. The van der Waals surface area contributed by atoms with Crippen molar-refractivity contribution in [2.24, 2.45) is 7.05 Å². The van der Waals surface area contributed by atoms with E-state index in [1.165, 1.54) is 25.7 Å². The quantitative estimate of drug-likeness (QED) is 0.226. The first-order valence-corrected chi connectivity index (χ1v) is 12.7. The third-order valence-corrected chi connectivity index (χ3v) is 6.02. The van der Waals surface area contributed by atoms with Crippen LogP contribution in [0.25, 0.3) is 10.9 Å². The van der Waals surface area contributed by atoms with Gasteiger partial charge < -0.3 is 18.8 Å². The van der Waals surface area contributed by atoms with E-state index in [2.05, 4.69) is 13.8 Å². The topological polar surface area (TPSA) is 49.7 Å². The summed E-state index contributed by atoms with van der Waals surface area (Å²) in [6.07, 6.45) is 8.97. The van der Waals surface area contributed by atoms with Gasteiger partial charge in [-0.3, -0.25) is 4.79 Å². The van der Waals surface area contributed by atoms with Gasteiger partial charge in [-0.1, -0.05) is 82.7 Å². The lowest BCUT2D eigenvalue weighted by Crippen LogP contribution is -2.21. The van der Waals surface area contributed by atoms with Crippen LogP contribution in [-0.2, 0) is 13.7 Å². The van der Waals surface area contributed by atoms with E-state index in [1.54, 1.807) is 11.6 Å². The van der Waals surface area contributed by atoms with Crippen LogP contribution >= 0.6 is 0 Å². The molecule has 0 amide bonds. The molecule has 0 atom stereocenters. The number of pyridine rings is 1. The smallest absolute Gasteiger partial charge is 0.297 e. The normalized spacial score (nSPS) is 11.0. The molecule has 3 rings (SSSR count). The lowest BCUT2D eigenvalue weighted by atomic mass is 10.1. The highest BCUT2D eigenvalue weighted by Crippen LogP contribution is 2.35. The van der Waals surface area contributed by atoms with Gasteiger partial charge in [0, 0.05) is 18.5 Å². The van der Waals surface area contributed by atoms with Crippen molar-refractivity contribution in [3.63, 3.8) is 0 Å². The molecule has 184 valence electrons. The Morgan fingerprint density at radius 2 is 1.41 bits per heavy atom. The summed E-state index contributed by atoms with van der Waals surface area (Å²) in [6.45, 7) is 5.89. The molecule has 0 aliphatic carbocycles. The number of aromatic nitrogens is 1. The van der Waals surface area contributed by atoms with E-state index < -0.39 is 0 Å². The van der Waals surface area contributed by atoms with E-state index in [0.717, 1.165) is 42.1 Å². The van der Waals surface area contributed by atoms with Gasteiger partial charge in [-0.05, 0) is 30.5 Å². The van der Waals surface area contributed by atoms with Crippen molar-refractivity contribution < 1.29 is 14.2 Å². The van der Waals surface area contributed by atoms with Crippen molar-refractivity contribution in [1.82, 2.24) is 4.57 Å². The molecular formula is C29H39NO4. The Hall–Kier alpha value is -2.95. The second kappa shape index (κ2) is 13.7. The van der Waals surface area contributed by atoms with Crippen LogP contribution in [0.15, 0.2) is 53.3 Å². The molecule has 0 unspecified atom stereocenters. The first-order valence-electron chi connectivity index (χ1n) is 12.7. The Labute approximate surface area is 203 Å². The van der Waals surface area contributed by atoms with Crippen molar-refractivity contribution in [2.75, 3.05) is 13.2 Å². The van der Waals surface area contributed by atoms with Crippen LogP contribution in [0.4, 0.5) is 0 Å². The minimum absolute atomic E-state index is 0.176. The molecule has 0 aliphatic heterocycles. The second-order valence-corrected chi connectivity index (χ2v) is 8.79. The number of unbranched alkanes of at least 4 members (excludes halogenated alkanes) is 6. The highest BCUT2D eigenvalue weighted by Gasteiger charge is 2.19. The van der Waals surface area contributed by atoms with Crippen LogP contribution < -0.4 is 19.8 Å².